The summed E-state index contributed by atoms with van der Waals surface area (Å²) in [7, 11) is 0. The monoisotopic (exact) mass is 250 g/mol. The van der Waals surface area contributed by atoms with E-state index in [-0.39, 0.29) is 5.12 Å². The van der Waals surface area contributed by atoms with E-state index in [1.54, 1.807) is 24.3 Å². The highest BCUT2D eigenvalue weighted by molar-refractivity contribution is 8.14. The second kappa shape index (κ2) is 6.91. The number of esters is 1. The zero-order valence-corrected chi connectivity index (χ0v) is 10.5. The third-order valence-corrected chi connectivity index (χ3v) is 3.02. The van der Waals surface area contributed by atoms with Crippen LogP contribution in [0.1, 0.15) is 23.7 Å². The predicted octanol–water partition coefficient (Wildman–Crippen LogP) is 3.06. The highest BCUT2D eigenvalue weighted by Crippen LogP contribution is 2.17. The molecule has 0 radical (unpaired) electrons. The van der Waals surface area contributed by atoms with Crippen molar-refractivity contribution in [3.63, 3.8) is 0 Å². The van der Waals surface area contributed by atoms with Crippen LogP contribution in [0, 0.1) is 0 Å². The van der Waals surface area contributed by atoms with E-state index in [0.717, 1.165) is 18.2 Å². The summed E-state index contributed by atoms with van der Waals surface area (Å²) in [6.07, 6.45) is 2.06. The molecule has 0 spiro atoms. The number of benzene rings is 1. The molecule has 1 aromatic carbocycles. The lowest BCUT2D eigenvalue weighted by Gasteiger charge is -2.03. The summed E-state index contributed by atoms with van der Waals surface area (Å²) in [5, 5.41) is 0.0356. The molecule has 0 heterocycles. The van der Waals surface area contributed by atoms with Crippen molar-refractivity contribution in [2.75, 3.05) is 5.75 Å². The first-order valence-electron chi connectivity index (χ1n) is 5.28. The molecule has 0 fully saturated rings. The van der Waals surface area contributed by atoms with Crippen molar-refractivity contribution in [2.45, 2.75) is 13.3 Å². The van der Waals surface area contributed by atoms with E-state index >= 15 is 0 Å². The van der Waals surface area contributed by atoms with E-state index in [0.29, 0.717) is 11.3 Å². The van der Waals surface area contributed by atoms with Crippen LogP contribution in [0.25, 0.3) is 0 Å². The fourth-order valence-electron chi connectivity index (χ4n) is 1.09. The molecule has 4 heteroatoms. The summed E-state index contributed by atoms with van der Waals surface area (Å²) in [5.41, 5.74) is 0.613. The molecule has 0 aromatic heterocycles. The SMILES string of the molecule is C=CC(=O)Oc1ccc(C(=O)SCCC)cc1. The first kappa shape index (κ1) is 13.5. The Morgan fingerprint density at radius 1 is 1.35 bits per heavy atom. The van der Waals surface area contributed by atoms with Crippen LogP contribution >= 0.6 is 11.8 Å². The standard InChI is InChI=1S/C13H14O3S/c1-3-9-17-13(15)10-5-7-11(8-6-10)16-12(14)4-2/h4-8H,2-3,9H2,1H3. The highest BCUT2D eigenvalue weighted by Gasteiger charge is 2.06. The Morgan fingerprint density at radius 2 is 2.00 bits per heavy atom. The fourth-order valence-corrected chi connectivity index (χ4v) is 1.79. The smallest absolute Gasteiger partial charge is 0.335 e. The molecule has 0 aliphatic heterocycles. The maximum atomic E-state index is 11.6. The van der Waals surface area contributed by atoms with Crippen LogP contribution < -0.4 is 4.74 Å². The summed E-state index contributed by atoms with van der Waals surface area (Å²) < 4.78 is 4.90. The Kier molecular flexibility index (Phi) is 5.49. The van der Waals surface area contributed by atoms with Gasteiger partial charge in [-0.15, -0.1) is 0 Å². The lowest BCUT2D eigenvalue weighted by Crippen LogP contribution is -2.03. The van der Waals surface area contributed by atoms with E-state index in [2.05, 4.69) is 6.58 Å². The van der Waals surface area contributed by atoms with Gasteiger partial charge in [-0.2, -0.15) is 0 Å². The Morgan fingerprint density at radius 3 is 2.53 bits per heavy atom. The number of hydrogen-bond acceptors (Lipinski definition) is 4. The Labute approximate surface area is 105 Å². The van der Waals surface area contributed by atoms with Gasteiger partial charge in [0, 0.05) is 17.4 Å². The lowest BCUT2D eigenvalue weighted by atomic mass is 10.2. The van der Waals surface area contributed by atoms with Crippen LogP contribution in [0.2, 0.25) is 0 Å². The number of hydrogen-bond donors (Lipinski definition) is 0. The number of carbonyl (C=O) groups excluding carboxylic acids is 2. The van der Waals surface area contributed by atoms with Gasteiger partial charge in [-0.1, -0.05) is 25.3 Å². The van der Waals surface area contributed by atoms with E-state index < -0.39 is 5.97 Å². The molecule has 0 saturated heterocycles. The minimum Gasteiger partial charge on any atom is -0.423 e. The van der Waals surface area contributed by atoms with Crippen LogP contribution in [0.4, 0.5) is 0 Å². The first-order chi connectivity index (χ1) is 8.17. The predicted molar refractivity (Wildman–Crippen MR) is 69.4 cm³/mol. The van der Waals surface area contributed by atoms with Gasteiger partial charge < -0.3 is 4.74 Å². The van der Waals surface area contributed by atoms with Gasteiger partial charge >= 0.3 is 5.97 Å². The summed E-state index contributed by atoms with van der Waals surface area (Å²) in [6.45, 7) is 5.33. The maximum Gasteiger partial charge on any atom is 0.335 e. The van der Waals surface area contributed by atoms with Crippen LogP contribution in [-0.2, 0) is 4.79 Å². The molecule has 0 amide bonds. The van der Waals surface area contributed by atoms with Gasteiger partial charge in [0.2, 0.25) is 5.12 Å². The van der Waals surface area contributed by atoms with E-state index in [9.17, 15) is 9.59 Å². The van der Waals surface area contributed by atoms with E-state index in [4.69, 9.17) is 4.74 Å². The lowest BCUT2D eigenvalue weighted by molar-refractivity contribution is -0.128. The largest absolute Gasteiger partial charge is 0.423 e. The zero-order valence-electron chi connectivity index (χ0n) is 9.64. The molecule has 1 rings (SSSR count). The fraction of sp³-hybridized carbons (Fsp3) is 0.231. The number of thioether (sulfide) groups is 1. The Balaban J connectivity index is 2.64. The molecule has 0 N–H and O–H groups in total. The third-order valence-electron chi connectivity index (χ3n) is 1.91. The van der Waals surface area contributed by atoms with Crippen molar-refractivity contribution in [3.8, 4) is 5.75 Å². The maximum absolute atomic E-state index is 11.6. The molecule has 0 aliphatic rings. The van der Waals surface area contributed by atoms with Crippen molar-refractivity contribution in [1.82, 2.24) is 0 Å². The summed E-state index contributed by atoms with van der Waals surface area (Å²) in [4.78, 5) is 22.6. The average molecular weight is 250 g/mol. The van der Waals surface area contributed by atoms with Gasteiger partial charge in [0.25, 0.3) is 0 Å². The highest BCUT2D eigenvalue weighted by atomic mass is 32.2. The van der Waals surface area contributed by atoms with Crippen LogP contribution in [0.5, 0.6) is 5.75 Å². The van der Waals surface area contributed by atoms with Crippen molar-refractivity contribution in [2.24, 2.45) is 0 Å². The van der Waals surface area contributed by atoms with Crippen LogP contribution in [0.15, 0.2) is 36.9 Å². The molecule has 0 aliphatic carbocycles. The topological polar surface area (TPSA) is 43.4 Å². The molecule has 3 nitrogen and oxygen atoms in total. The second-order valence-electron chi connectivity index (χ2n) is 3.29. The number of ether oxygens (including phenoxy) is 1. The molecule has 0 atom stereocenters. The van der Waals surface area contributed by atoms with Gasteiger partial charge in [-0.05, 0) is 30.7 Å². The number of rotatable bonds is 5. The molecule has 17 heavy (non-hydrogen) atoms. The Bertz CT molecular complexity index is 409. The molecule has 0 bridgehead atoms. The number of carbonyl (C=O) groups is 2. The van der Waals surface area contributed by atoms with Crippen molar-refractivity contribution >= 4 is 22.8 Å². The minimum absolute atomic E-state index is 0.0356. The summed E-state index contributed by atoms with van der Waals surface area (Å²) in [5.74, 6) is 0.711. The van der Waals surface area contributed by atoms with Crippen LogP contribution in [0.3, 0.4) is 0 Å². The summed E-state index contributed by atoms with van der Waals surface area (Å²) in [6, 6.07) is 6.50. The van der Waals surface area contributed by atoms with E-state index in [1.807, 2.05) is 6.92 Å². The van der Waals surface area contributed by atoms with Crippen LogP contribution in [-0.4, -0.2) is 16.8 Å². The normalized spacial score (nSPS) is 9.71. The van der Waals surface area contributed by atoms with Gasteiger partial charge in [-0.25, -0.2) is 4.79 Å². The molecule has 1 aromatic rings. The zero-order chi connectivity index (χ0) is 12.7. The van der Waals surface area contributed by atoms with Gasteiger partial charge in [0.05, 0.1) is 0 Å². The van der Waals surface area contributed by atoms with Crippen molar-refractivity contribution in [3.05, 3.63) is 42.5 Å². The third kappa shape index (κ3) is 4.44. The molecule has 0 saturated carbocycles. The van der Waals surface area contributed by atoms with Gasteiger partial charge in [0.15, 0.2) is 0 Å². The van der Waals surface area contributed by atoms with Gasteiger partial charge in [-0.3, -0.25) is 4.79 Å². The van der Waals surface area contributed by atoms with E-state index in [1.165, 1.54) is 11.8 Å². The Hall–Kier alpha value is -1.55. The minimum atomic E-state index is -0.510. The summed E-state index contributed by atoms with van der Waals surface area (Å²) >= 11 is 1.29. The first-order valence-corrected chi connectivity index (χ1v) is 6.27. The second-order valence-corrected chi connectivity index (χ2v) is 4.35. The molecular weight excluding hydrogens is 236 g/mol. The molecule has 90 valence electrons. The molecular formula is C13H14O3S. The molecule has 0 unspecified atom stereocenters. The van der Waals surface area contributed by atoms with Crippen molar-refractivity contribution < 1.29 is 14.3 Å². The average Bonchev–Trinajstić information content (AvgIpc) is 2.36. The van der Waals surface area contributed by atoms with Gasteiger partial charge in [0.1, 0.15) is 5.75 Å². The quantitative estimate of drug-likeness (QED) is 0.457. The van der Waals surface area contributed by atoms with Crippen molar-refractivity contribution in [1.29, 1.82) is 0 Å².